The quantitative estimate of drug-likeness (QED) is 0.288. The van der Waals surface area contributed by atoms with Crippen LogP contribution >= 0.6 is 23.4 Å². The normalized spacial score (nSPS) is 14.7. The first kappa shape index (κ1) is 24.8. The van der Waals surface area contributed by atoms with Crippen molar-refractivity contribution in [3.05, 3.63) is 105 Å². The van der Waals surface area contributed by atoms with E-state index in [2.05, 4.69) is 5.32 Å². The molecule has 1 N–H and O–H groups in total. The number of nitrogens with one attached hydrogen (secondary N) is 1. The van der Waals surface area contributed by atoms with Crippen LogP contribution < -0.4 is 5.32 Å². The Balaban J connectivity index is 1.43. The maximum atomic E-state index is 14.4. The van der Waals surface area contributed by atoms with Crippen molar-refractivity contribution < 1.29 is 18.8 Å². The number of hydrogen-bond acceptors (Lipinski definition) is 4. The fourth-order valence-electron chi connectivity index (χ4n) is 4.30. The molecule has 5 rings (SSSR count). The monoisotopic (exact) mass is 533 g/mol. The summed E-state index contributed by atoms with van der Waals surface area (Å²) in [5.41, 5.74) is 3.41. The Morgan fingerprint density at radius 2 is 1.73 bits per heavy atom. The van der Waals surface area contributed by atoms with Crippen LogP contribution in [0.5, 0.6) is 0 Å². The summed E-state index contributed by atoms with van der Waals surface area (Å²) in [6.45, 7) is 1.78. The molecule has 2 heterocycles. The number of aromatic nitrogens is 1. The van der Waals surface area contributed by atoms with Crippen LogP contribution in [0, 0.1) is 12.7 Å². The first-order valence-electron chi connectivity index (χ1n) is 11.4. The number of fused-ring (bicyclic) bond motifs is 1. The largest absolute Gasteiger partial charge is 0.340 e. The molecule has 0 aliphatic carbocycles. The zero-order chi connectivity index (χ0) is 26.1. The third-order valence-corrected chi connectivity index (χ3v) is 7.40. The first-order chi connectivity index (χ1) is 17.8. The minimum atomic E-state index is -0.547. The zero-order valence-electron chi connectivity index (χ0n) is 19.7. The molecular weight excluding hydrogens is 513 g/mol. The number of carbonyl (C=O) groups is 3. The number of anilines is 1. The van der Waals surface area contributed by atoms with Crippen LogP contribution in [0.2, 0.25) is 5.02 Å². The predicted octanol–water partition coefficient (Wildman–Crippen LogP) is 6.47. The summed E-state index contributed by atoms with van der Waals surface area (Å²) in [5.74, 6) is -1.37. The van der Waals surface area contributed by atoms with Gasteiger partial charge in [-0.3, -0.25) is 19.3 Å². The summed E-state index contributed by atoms with van der Waals surface area (Å²) in [5, 5.41) is 3.33. The fourth-order valence-corrected chi connectivity index (χ4v) is 5.31. The van der Waals surface area contributed by atoms with Crippen molar-refractivity contribution in [2.75, 3.05) is 11.9 Å². The van der Waals surface area contributed by atoms with Gasteiger partial charge < -0.3 is 9.88 Å². The van der Waals surface area contributed by atoms with E-state index in [4.69, 9.17) is 11.6 Å². The van der Waals surface area contributed by atoms with E-state index in [1.165, 1.54) is 6.07 Å². The molecule has 1 aliphatic heterocycles. The third kappa shape index (κ3) is 4.90. The highest BCUT2D eigenvalue weighted by Gasteiger charge is 2.36. The number of para-hydroxylation sites is 2. The van der Waals surface area contributed by atoms with Crippen molar-refractivity contribution in [2.24, 2.45) is 0 Å². The molecule has 0 bridgehead atoms. The second-order valence-corrected chi connectivity index (χ2v) is 9.89. The van der Waals surface area contributed by atoms with Crippen LogP contribution in [0.25, 0.3) is 17.0 Å². The molecule has 1 aliphatic rings. The molecule has 37 heavy (non-hydrogen) atoms. The topological polar surface area (TPSA) is 71.4 Å². The van der Waals surface area contributed by atoms with Crippen LogP contribution in [0.3, 0.4) is 0 Å². The van der Waals surface area contributed by atoms with Gasteiger partial charge in [-0.15, -0.1) is 0 Å². The fraction of sp³-hybridized carbons (Fsp3) is 0.107. The molecular formula is C28H21ClFN3O3S. The number of halogens is 2. The number of nitrogens with zero attached hydrogens (tertiary/aromatic N) is 2. The maximum absolute atomic E-state index is 14.4. The predicted molar refractivity (Wildman–Crippen MR) is 145 cm³/mol. The lowest BCUT2D eigenvalue weighted by atomic mass is 10.1. The van der Waals surface area contributed by atoms with E-state index in [1.807, 2.05) is 35.8 Å². The summed E-state index contributed by atoms with van der Waals surface area (Å²) in [4.78, 5) is 39.4. The van der Waals surface area contributed by atoms with Gasteiger partial charge in [0.2, 0.25) is 5.91 Å². The van der Waals surface area contributed by atoms with E-state index in [9.17, 15) is 18.8 Å². The number of hydrogen-bond donors (Lipinski definition) is 1. The van der Waals surface area contributed by atoms with Crippen LogP contribution in [0.1, 0.15) is 16.8 Å². The molecule has 3 amide bonds. The van der Waals surface area contributed by atoms with Crippen molar-refractivity contribution in [1.82, 2.24) is 9.47 Å². The van der Waals surface area contributed by atoms with E-state index in [-0.39, 0.29) is 10.7 Å². The molecule has 9 heteroatoms. The van der Waals surface area contributed by atoms with E-state index < -0.39 is 23.6 Å². The van der Waals surface area contributed by atoms with E-state index in [1.54, 1.807) is 48.5 Å². The zero-order valence-corrected chi connectivity index (χ0v) is 21.3. The standard InChI is InChI=1S/C28H21ClFN3O3S/c1-17-20(19-9-3-7-13-24(19)32(17)15-18-8-2-5-11-22(18)30)14-25-27(35)33(28(36)37-25)16-26(34)31-23-12-6-4-10-21(23)29/h2-14H,15-16H2,1H3,(H,31,34)/b25-14+. The van der Waals surface area contributed by atoms with Crippen LogP contribution in [0.4, 0.5) is 14.9 Å². The van der Waals surface area contributed by atoms with Gasteiger partial charge >= 0.3 is 0 Å². The Labute approximate surface area is 221 Å². The summed E-state index contributed by atoms with van der Waals surface area (Å²) >= 11 is 6.87. The molecule has 1 saturated heterocycles. The lowest BCUT2D eigenvalue weighted by Crippen LogP contribution is -2.36. The highest BCUT2D eigenvalue weighted by atomic mass is 35.5. The van der Waals surface area contributed by atoms with Gasteiger partial charge in [0, 0.05) is 27.7 Å². The molecule has 0 radical (unpaired) electrons. The third-order valence-electron chi connectivity index (χ3n) is 6.16. The molecule has 3 aromatic carbocycles. The summed E-state index contributed by atoms with van der Waals surface area (Å²) < 4.78 is 16.4. The maximum Gasteiger partial charge on any atom is 0.294 e. The van der Waals surface area contributed by atoms with Crippen molar-refractivity contribution in [1.29, 1.82) is 0 Å². The molecule has 186 valence electrons. The van der Waals surface area contributed by atoms with E-state index >= 15 is 0 Å². The number of amides is 3. The van der Waals surface area contributed by atoms with Crippen LogP contribution in [-0.2, 0) is 16.1 Å². The van der Waals surface area contributed by atoms with Crippen molar-refractivity contribution >= 4 is 63.1 Å². The highest BCUT2D eigenvalue weighted by molar-refractivity contribution is 8.18. The number of carbonyl (C=O) groups excluding carboxylic acids is 3. The molecule has 4 aromatic rings. The second kappa shape index (κ2) is 10.2. The van der Waals surface area contributed by atoms with E-state index in [0.717, 1.165) is 38.8 Å². The molecule has 0 unspecified atom stereocenters. The Morgan fingerprint density at radius 1 is 1.03 bits per heavy atom. The summed E-state index contributed by atoms with van der Waals surface area (Å²) in [7, 11) is 0. The van der Waals surface area contributed by atoms with Gasteiger partial charge in [0.15, 0.2) is 0 Å². The van der Waals surface area contributed by atoms with Gasteiger partial charge in [-0.2, -0.15) is 0 Å². The minimum absolute atomic E-state index is 0.215. The lowest BCUT2D eigenvalue weighted by Gasteiger charge is -2.13. The number of thioether (sulfide) groups is 1. The molecule has 6 nitrogen and oxygen atoms in total. The first-order valence-corrected chi connectivity index (χ1v) is 12.6. The van der Waals surface area contributed by atoms with Gasteiger partial charge in [-0.05, 0) is 49.0 Å². The van der Waals surface area contributed by atoms with Gasteiger partial charge in [0.05, 0.1) is 22.2 Å². The van der Waals surface area contributed by atoms with Gasteiger partial charge in [0.25, 0.3) is 11.1 Å². The van der Waals surface area contributed by atoms with Crippen LogP contribution in [-0.4, -0.2) is 33.1 Å². The van der Waals surface area contributed by atoms with E-state index in [0.29, 0.717) is 22.8 Å². The SMILES string of the molecule is Cc1c(/C=C2/SC(=O)N(CC(=O)Nc3ccccc3Cl)C2=O)c2ccccc2n1Cc1ccccc1F. The Hall–Kier alpha value is -3.88. The Bertz CT molecular complexity index is 1600. The highest BCUT2D eigenvalue weighted by Crippen LogP contribution is 2.36. The Morgan fingerprint density at radius 3 is 2.51 bits per heavy atom. The van der Waals surface area contributed by atoms with Crippen molar-refractivity contribution in [3.63, 3.8) is 0 Å². The van der Waals surface area contributed by atoms with Gasteiger partial charge in [0.1, 0.15) is 12.4 Å². The number of benzene rings is 3. The Kier molecular flexibility index (Phi) is 6.86. The van der Waals surface area contributed by atoms with Crippen molar-refractivity contribution in [3.8, 4) is 0 Å². The summed E-state index contributed by atoms with van der Waals surface area (Å²) in [6, 6.07) is 21.0. The van der Waals surface area contributed by atoms with Gasteiger partial charge in [-0.25, -0.2) is 4.39 Å². The van der Waals surface area contributed by atoms with Crippen molar-refractivity contribution in [2.45, 2.75) is 13.5 Å². The van der Waals surface area contributed by atoms with Gasteiger partial charge in [-0.1, -0.05) is 60.1 Å². The number of imide groups is 1. The average Bonchev–Trinajstić information content (AvgIpc) is 3.30. The molecule has 1 aromatic heterocycles. The average molecular weight is 534 g/mol. The smallest absolute Gasteiger partial charge is 0.294 e. The van der Waals surface area contributed by atoms with Crippen LogP contribution in [0.15, 0.2) is 77.7 Å². The molecule has 1 fully saturated rings. The number of rotatable bonds is 6. The second-order valence-electron chi connectivity index (χ2n) is 8.49. The minimum Gasteiger partial charge on any atom is -0.340 e. The summed E-state index contributed by atoms with van der Waals surface area (Å²) in [6.07, 6.45) is 1.67. The molecule has 0 spiro atoms. The molecule has 0 atom stereocenters. The molecule has 0 saturated carbocycles. The lowest BCUT2D eigenvalue weighted by molar-refractivity contribution is -0.127.